The molecule has 1 atom stereocenters. The van der Waals surface area contributed by atoms with E-state index in [-0.39, 0.29) is 0 Å². The summed E-state index contributed by atoms with van der Waals surface area (Å²) in [6.07, 6.45) is 3.08. The van der Waals surface area contributed by atoms with Crippen LogP contribution in [-0.4, -0.2) is 22.0 Å². The molecule has 1 aliphatic rings. The molecule has 2 rings (SSSR count). The van der Waals surface area contributed by atoms with Crippen molar-refractivity contribution in [2.75, 3.05) is 7.05 Å². The molecule has 0 bridgehead atoms. The predicted molar refractivity (Wildman–Crippen MR) is 40.7 cm³/mol. The highest BCUT2D eigenvalue weighted by molar-refractivity contribution is 5.28. The normalized spacial score (nSPS) is 23.6. The molecule has 1 aliphatic heterocycles. The van der Waals surface area contributed by atoms with Crippen LogP contribution in [0.4, 0.5) is 0 Å². The largest absolute Gasteiger partial charge is 0.374 e. The number of aliphatic hydroxyl groups is 1. The van der Waals surface area contributed by atoms with Crippen molar-refractivity contribution in [1.82, 2.24) is 9.88 Å². The zero-order valence-electron chi connectivity index (χ0n) is 6.36. The first-order chi connectivity index (χ1) is 5.29. The van der Waals surface area contributed by atoms with Gasteiger partial charge in [0.05, 0.1) is 0 Å². The average molecular weight is 150 g/mol. The van der Waals surface area contributed by atoms with Crippen LogP contribution in [0.5, 0.6) is 0 Å². The highest BCUT2D eigenvalue weighted by atomic mass is 16.3. The van der Waals surface area contributed by atoms with Gasteiger partial charge in [0.15, 0.2) is 0 Å². The van der Waals surface area contributed by atoms with E-state index in [2.05, 4.69) is 4.98 Å². The number of hydrogen-bond acceptors (Lipinski definition) is 3. The summed E-state index contributed by atoms with van der Waals surface area (Å²) in [5, 5.41) is 9.55. The topological polar surface area (TPSA) is 36.4 Å². The molecule has 11 heavy (non-hydrogen) atoms. The molecule has 1 N–H and O–H groups in total. The van der Waals surface area contributed by atoms with E-state index in [9.17, 15) is 5.11 Å². The number of nitrogens with zero attached hydrogens (tertiary/aromatic N) is 2. The third kappa shape index (κ3) is 0.931. The fourth-order valence-corrected chi connectivity index (χ4v) is 1.41. The second-order valence-corrected chi connectivity index (χ2v) is 2.86. The summed E-state index contributed by atoms with van der Waals surface area (Å²) >= 11 is 0. The van der Waals surface area contributed by atoms with Crippen LogP contribution < -0.4 is 0 Å². The van der Waals surface area contributed by atoms with E-state index < -0.39 is 6.23 Å². The van der Waals surface area contributed by atoms with Gasteiger partial charge in [-0.05, 0) is 18.7 Å². The molecule has 58 valence electrons. The first kappa shape index (κ1) is 6.76. The van der Waals surface area contributed by atoms with Crippen LogP contribution in [0.3, 0.4) is 0 Å². The number of pyridine rings is 1. The lowest BCUT2D eigenvalue weighted by molar-refractivity contribution is 0.0337. The Morgan fingerprint density at radius 1 is 1.73 bits per heavy atom. The Morgan fingerprint density at radius 2 is 2.55 bits per heavy atom. The summed E-state index contributed by atoms with van der Waals surface area (Å²) < 4.78 is 0. The minimum absolute atomic E-state index is 0.437. The van der Waals surface area contributed by atoms with Crippen molar-refractivity contribution in [3.63, 3.8) is 0 Å². The number of hydrogen-bond donors (Lipinski definition) is 1. The van der Waals surface area contributed by atoms with Gasteiger partial charge < -0.3 is 5.11 Å². The molecule has 3 heteroatoms. The molecule has 1 unspecified atom stereocenters. The average Bonchev–Trinajstić information content (AvgIpc) is 2.30. The van der Waals surface area contributed by atoms with E-state index in [1.54, 1.807) is 6.20 Å². The molecular formula is C8H10N2O. The lowest BCUT2D eigenvalue weighted by atomic mass is 10.2. The van der Waals surface area contributed by atoms with Crippen LogP contribution in [0, 0.1) is 0 Å². The standard InChI is InChI=1S/C8H10N2O/c1-10-5-6-4-9-3-2-7(6)8(10)11/h2-4,8,11H,5H2,1H3. The minimum atomic E-state index is -0.437. The second kappa shape index (κ2) is 2.29. The van der Waals surface area contributed by atoms with Gasteiger partial charge in [0.25, 0.3) is 0 Å². The Morgan fingerprint density at radius 3 is 3.27 bits per heavy atom. The Hall–Kier alpha value is -0.930. The van der Waals surface area contributed by atoms with Gasteiger partial charge in [0, 0.05) is 24.5 Å². The van der Waals surface area contributed by atoms with Gasteiger partial charge in [0.2, 0.25) is 0 Å². The van der Waals surface area contributed by atoms with E-state index in [4.69, 9.17) is 0 Å². The maximum absolute atomic E-state index is 9.55. The Labute approximate surface area is 65.3 Å². The third-order valence-corrected chi connectivity index (χ3v) is 2.06. The smallest absolute Gasteiger partial charge is 0.134 e. The van der Waals surface area contributed by atoms with Crippen LogP contribution in [0.2, 0.25) is 0 Å². The molecule has 0 spiro atoms. The molecular weight excluding hydrogens is 140 g/mol. The molecule has 1 aromatic rings. The van der Waals surface area contributed by atoms with Crippen LogP contribution in [0.15, 0.2) is 18.5 Å². The van der Waals surface area contributed by atoms with Crippen LogP contribution in [0.25, 0.3) is 0 Å². The fraction of sp³-hybridized carbons (Fsp3) is 0.375. The zero-order valence-corrected chi connectivity index (χ0v) is 6.36. The van der Waals surface area contributed by atoms with Gasteiger partial charge in [0.1, 0.15) is 6.23 Å². The van der Waals surface area contributed by atoms with E-state index >= 15 is 0 Å². The molecule has 0 amide bonds. The van der Waals surface area contributed by atoms with Crippen molar-refractivity contribution in [1.29, 1.82) is 0 Å². The molecule has 0 saturated heterocycles. The van der Waals surface area contributed by atoms with Crippen LogP contribution >= 0.6 is 0 Å². The zero-order chi connectivity index (χ0) is 7.84. The summed E-state index contributed by atoms with van der Waals surface area (Å²) in [5.41, 5.74) is 2.12. The van der Waals surface area contributed by atoms with Gasteiger partial charge in [-0.1, -0.05) is 0 Å². The lowest BCUT2D eigenvalue weighted by Gasteiger charge is -2.12. The molecule has 2 heterocycles. The van der Waals surface area contributed by atoms with Crippen molar-refractivity contribution < 1.29 is 5.11 Å². The van der Waals surface area contributed by atoms with Crippen molar-refractivity contribution >= 4 is 0 Å². The number of aromatic nitrogens is 1. The second-order valence-electron chi connectivity index (χ2n) is 2.86. The summed E-state index contributed by atoms with van der Waals surface area (Å²) in [7, 11) is 1.89. The highest BCUT2D eigenvalue weighted by Crippen LogP contribution is 2.28. The van der Waals surface area contributed by atoms with Gasteiger partial charge in [-0.2, -0.15) is 0 Å². The number of fused-ring (bicyclic) bond motifs is 1. The molecule has 0 saturated carbocycles. The summed E-state index contributed by atoms with van der Waals surface area (Å²) in [6.45, 7) is 0.796. The van der Waals surface area contributed by atoms with Gasteiger partial charge in [-0.25, -0.2) is 0 Å². The van der Waals surface area contributed by atoms with Crippen LogP contribution in [-0.2, 0) is 6.54 Å². The molecule has 0 aliphatic carbocycles. The van der Waals surface area contributed by atoms with Crippen LogP contribution in [0.1, 0.15) is 17.4 Å². The monoisotopic (exact) mass is 150 g/mol. The van der Waals surface area contributed by atoms with Crippen molar-refractivity contribution in [2.45, 2.75) is 12.8 Å². The molecule has 0 fully saturated rings. The first-order valence-electron chi connectivity index (χ1n) is 3.60. The molecule has 0 aromatic carbocycles. The van der Waals surface area contributed by atoms with Crippen molar-refractivity contribution in [3.8, 4) is 0 Å². The van der Waals surface area contributed by atoms with E-state index in [0.29, 0.717) is 0 Å². The number of rotatable bonds is 0. The minimum Gasteiger partial charge on any atom is -0.374 e. The first-order valence-corrected chi connectivity index (χ1v) is 3.60. The highest BCUT2D eigenvalue weighted by Gasteiger charge is 2.24. The van der Waals surface area contributed by atoms with Crippen molar-refractivity contribution in [2.24, 2.45) is 0 Å². The molecule has 0 radical (unpaired) electrons. The maximum Gasteiger partial charge on any atom is 0.134 e. The Bertz CT molecular complexity index is 275. The van der Waals surface area contributed by atoms with Gasteiger partial charge >= 0.3 is 0 Å². The van der Waals surface area contributed by atoms with Gasteiger partial charge in [-0.15, -0.1) is 0 Å². The van der Waals surface area contributed by atoms with E-state index in [1.807, 2.05) is 24.2 Å². The third-order valence-electron chi connectivity index (χ3n) is 2.06. The Kier molecular flexibility index (Phi) is 1.41. The summed E-state index contributed by atoms with van der Waals surface area (Å²) in [4.78, 5) is 5.87. The Balaban J connectivity index is 2.47. The van der Waals surface area contributed by atoms with Crippen molar-refractivity contribution in [3.05, 3.63) is 29.6 Å². The lowest BCUT2D eigenvalue weighted by Crippen LogP contribution is -2.15. The number of aliphatic hydroxyl groups excluding tert-OH is 1. The molecule has 3 nitrogen and oxygen atoms in total. The quantitative estimate of drug-likeness (QED) is 0.585. The predicted octanol–water partition coefficient (Wildman–Crippen LogP) is 0.518. The molecule has 1 aromatic heterocycles. The maximum atomic E-state index is 9.55. The summed E-state index contributed by atoms with van der Waals surface area (Å²) in [6, 6.07) is 1.86. The SMILES string of the molecule is CN1Cc2cnccc2C1O. The van der Waals surface area contributed by atoms with E-state index in [0.717, 1.165) is 17.7 Å². The van der Waals surface area contributed by atoms with E-state index in [1.165, 1.54) is 0 Å². The summed E-state index contributed by atoms with van der Waals surface area (Å²) in [5.74, 6) is 0. The fourth-order valence-electron chi connectivity index (χ4n) is 1.41. The van der Waals surface area contributed by atoms with Gasteiger partial charge in [-0.3, -0.25) is 9.88 Å².